The van der Waals surface area contributed by atoms with Gasteiger partial charge in [-0.3, -0.25) is 9.79 Å². The Hall–Kier alpha value is -1.39. The fourth-order valence-electron chi connectivity index (χ4n) is 3.91. The van der Waals surface area contributed by atoms with E-state index in [1.54, 1.807) is 0 Å². The quantitative estimate of drug-likeness (QED) is 0.369. The van der Waals surface area contributed by atoms with E-state index < -0.39 is 0 Å². The van der Waals surface area contributed by atoms with Gasteiger partial charge in [0.25, 0.3) is 5.91 Å². The Morgan fingerprint density at radius 2 is 1.86 bits per heavy atom. The Labute approximate surface area is 191 Å². The molecule has 0 aromatic heterocycles. The highest BCUT2D eigenvalue weighted by atomic mass is 127. The van der Waals surface area contributed by atoms with E-state index in [2.05, 4.69) is 58.5 Å². The lowest BCUT2D eigenvalue weighted by atomic mass is 10.1. The van der Waals surface area contributed by atoms with Crippen LogP contribution < -0.4 is 5.32 Å². The molecular formula is C21H34IN5O2. The lowest BCUT2D eigenvalue weighted by molar-refractivity contribution is -0.142. The molecule has 7 nitrogen and oxygen atoms in total. The van der Waals surface area contributed by atoms with Crippen LogP contribution in [0.2, 0.25) is 0 Å². The summed E-state index contributed by atoms with van der Waals surface area (Å²) in [5.74, 6) is 1.05. The number of hydrogen-bond acceptors (Lipinski definition) is 4. The average Bonchev–Trinajstić information content (AvgIpc) is 3.26. The zero-order chi connectivity index (χ0) is 19.9. The minimum absolute atomic E-state index is 0. The molecule has 0 saturated carbocycles. The van der Waals surface area contributed by atoms with Crippen LogP contribution in [0.5, 0.6) is 0 Å². The number of nitrogens with one attached hydrogen (secondary N) is 1. The van der Waals surface area contributed by atoms with E-state index in [0.717, 1.165) is 51.5 Å². The summed E-state index contributed by atoms with van der Waals surface area (Å²) >= 11 is 0. The van der Waals surface area contributed by atoms with Gasteiger partial charge in [0.2, 0.25) is 0 Å². The third-order valence-electron chi connectivity index (χ3n) is 5.57. The van der Waals surface area contributed by atoms with Gasteiger partial charge in [-0.2, -0.15) is 0 Å². The number of piperazine rings is 1. The Balaban J connectivity index is 0.00000300. The maximum Gasteiger partial charge on any atom is 0.251 e. The largest absolute Gasteiger partial charge is 0.368 e. The highest BCUT2D eigenvalue weighted by molar-refractivity contribution is 14.0. The van der Waals surface area contributed by atoms with Crippen molar-refractivity contribution in [3.8, 4) is 0 Å². The second-order valence-corrected chi connectivity index (χ2v) is 7.63. The first-order valence-electron chi connectivity index (χ1n) is 10.2. The molecule has 2 aliphatic heterocycles. The number of carbonyl (C=O) groups excluding carboxylic acids is 1. The van der Waals surface area contributed by atoms with Crippen molar-refractivity contribution in [1.29, 1.82) is 0 Å². The Morgan fingerprint density at radius 3 is 2.41 bits per heavy atom. The van der Waals surface area contributed by atoms with Gasteiger partial charge in [-0.25, -0.2) is 0 Å². The molecule has 1 aromatic carbocycles. The molecule has 1 aromatic rings. The van der Waals surface area contributed by atoms with Crippen molar-refractivity contribution in [2.45, 2.75) is 25.0 Å². The number of halogens is 1. The molecule has 0 bridgehead atoms. The fourth-order valence-corrected chi connectivity index (χ4v) is 3.91. The van der Waals surface area contributed by atoms with Gasteiger partial charge in [0.05, 0.1) is 6.04 Å². The average molecular weight is 515 g/mol. The molecule has 2 saturated heterocycles. The number of hydrogen-bond donors (Lipinski definition) is 1. The van der Waals surface area contributed by atoms with Crippen LogP contribution in [0.25, 0.3) is 0 Å². The number of carbonyl (C=O) groups is 1. The summed E-state index contributed by atoms with van der Waals surface area (Å²) in [6, 6.07) is 10.8. The topological polar surface area (TPSA) is 60.4 Å². The summed E-state index contributed by atoms with van der Waals surface area (Å²) in [6.45, 7) is 4.50. The first-order valence-corrected chi connectivity index (χ1v) is 10.2. The Kier molecular flexibility index (Phi) is 9.64. The van der Waals surface area contributed by atoms with Crippen LogP contribution in [0.15, 0.2) is 35.3 Å². The first-order chi connectivity index (χ1) is 13.6. The Bertz CT molecular complexity index is 656. The monoisotopic (exact) mass is 515 g/mol. The van der Waals surface area contributed by atoms with Gasteiger partial charge in [-0.1, -0.05) is 30.3 Å². The van der Waals surface area contributed by atoms with Crippen molar-refractivity contribution in [1.82, 2.24) is 20.0 Å². The maximum atomic E-state index is 12.5. The molecule has 1 amide bonds. The number of ether oxygens (including phenoxy) is 1. The van der Waals surface area contributed by atoms with Gasteiger partial charge in [-0.15, -0.1) is 24.0 Å². The van der Waals surface area contributed by atoms with Gasteiger partial charge in [0.1, 0.15) is 6.10 Å². The standard InChI is InChI=1S/C21H33N5O2.HI/c1-22-21(23-16-18(24(2)3)17-8-5-4-6-9-17)26-13-11-25(12-14-26)20(27)19-10-7-15-28-19;/h4-6,8-9,18-19H,7,10-16H2,1-3H3,(H,22,23);1H. The van der Waals surface area contributed by atoms with Crippen LogP contribution in [0.3, 0.4) is 0 Å². The van der Waals surface area contributed by atoms with Gasteiger partial charge >= 0.3 is 0 Å². The summed E-state index contributed by atoms with van der Waals surface area (Å²) in [5.41, 5.74) is 1.28. The molecule has 2 unspecified atom stereocenters. The van der Waals surface area contributed by atoms with Crippen LogP contribution in [0.1, 0.15) is 24.4 Å². The van der Waals surface area contributed by atoms with Crippen LogP contribution >= 0.6 is 24.0 Å². The smallest absolute Gasteiger partial charge is 0.251 e. The van der Waals surface area contributed by atoms with Gasteiger partial charge < -0.3 is 24.8 Å². The van der Waals surface area contributed by atoms with Gasteiger partial charge in [0.15, 0.2) is 5.96 Å². The van der Waals surface area contributed by atoms with Crippen LogP contribution in [-0.2, 0) is 9.53 Å². The number of rotatable bonds is 5. The van der Waals surface area contributed by atoms with Gasteiger partial charge in [0, 0.05) is 46.4 Å². The number of amides is 1. The molecule has 2 heterocycles. The van der Waals surface area contributed by atoms with Crippen LogP contribution in [0, 0.1) is 0 Å². The molecule has 0 aliphatic carbocycles. The van der Waals surface area contributed by atoms with E-state index in [0.29, 0.717) is 6.61 Å². The van der Waals surface area contributed by atoms with Crippen molar-refractivity contribution in [3.05, 3.63) is 35.9 Å². The van der Waals surface area contributed by atoms with Crippen LogP contribution in [-0.4, -0.2) is 93.1 Å². The van der Waals surface area contributed by atoms with E-state index in [4.69, 9.17) is 4.74 Å². The molecule has 2 aliphatic rings. The molecule has 29 heavy (non-hydrogen) atoms. The summed E-state index contributed by atoms with van der Waals surface area (Å²) in [5, 5.41) is 3.52. The highest BCUT2D eigenvalue weighted by Crippen LogP contribution is 2.18. The lowest BCUT2D eigenvalue weighted by Crippen LogP contribution is -2.55. The molecule has 1 N–H and O–H groups in total. The van der Waals surface area contributed by atoms with Gasteiger partial charge in [-0.05, 0) is 32.5 Å². The number of benzene rings is 1. The molecule has 0 radical (unpaired) electrons. The number of aliphatic imine (C=N–C) groups is 1. The SMILES string of the molecule is CN=C(NCC(c1ccccc1)N(C)C)N1CCN(C(=O)C2CCCO2)CC1.I. The third kappa shape index (κ3) is 6.29. The van der Waals surface area contributed by atoms with E-state index in [-0.39, 0.29) is 42.0 Å². The van der Waals surface area contributed by atoms with E-state index in [1.807, 2.05) is 18.0 Å². The summed E-state index contributed by atoms with van der Waals surface area (Å²) in [6.07, 6.45) is 1.62. The zero-order valence-corrected chi connectivity index (χ0v) is 20.0. The van der Waals surface area contributed by atoms with Crippen molar-refractivity contribution < 1.29 is 9.53 Å². The second-order valence-electron chi connectivity index (χ2n) is 7.63. The van der Waals surface area contributed by atoms with Crippen molar-refractivity contribution >= 4 is 35.8 Å². The van der Waals surface area contributed by atoms with E-state index in [9.17, 15) is 4.79 Å². The molecule has 2 fully saturated rings. The molecular weight excluding hydrogens is 481 g/mol. The number of nitrogens with zero attached hydrogens (tertiary/aromatic N) is 4. The summed E-state index contributed by atoms with van der Waals surface area (Å²) in [7, 11) is 6.01. The molecule has 162 valence electrons. The minimum atomic E-state index is -0.226. The predicted octanol–water partition coefficient (Wildman–Crippen LogP) is 1.81. The zero-order valence-electron chi connectivity index (χ0n) is 17.7. The van der Waals surface area contributed by atoms with Crippen molar-refractivity contribution in [3.63, 3.8) is 0 Å². The number of guanidine groups is 1. The van der Waals surface area contributed by atoms with E-state index >= 15 is 0 Å². The maximum absolute atomic E-state index is 12.5. The molecule has 8 heteroatoms. The fraction of sp³-hybridized carbons (Fsp3) is 0.619. The second kappa shape index (κ2) is 11.7. The summed E-state index contributed by atoms with van der Waals surface area (Å²) < 4.78 is 5.55. The molecule has 3 rings (SSSR count). The lowest BCUT2D eigenvalue weighted by Gasteiger charge is -2.38. The molecule has 2 atom stereocenters. The third-order valence-corrected chi connectivity index (χ3v) is 5.57. The van der Waals surface area contributed by atoms with Crippen LogP contribution in [0.4, 0.5) is 0 Å². The van der Waals surface area contributed by atoms with Crippen molar-refractivity contribution in [2.75, 3.05) is 60.5 Å². The number of likely N-dealkylation sites (N-methyl/N-ethyl adjacent to an activating group) is 1. The molecule has 0 spiro atoms. The predicted molar refractivity (Wildman–Crippen MR) is 127 cm³/mol. The normalized spacial score (nSPS) is 21.1. The van der Waals surface area contributed by atoms with E-state index in [1.165, 1.54) is 5.56 Å². The highest BCUT2D eigenvalue weighted by Gasteiger charge is 2.31. The first kappa shape index (κ1) is 23.9. The summed E-state index contributed by atoms with van der Waals surface area (Å²) in [4.78, 5) is 23.4. The van der Waals surface area contributed by atoms with Crippen molar-refractivity contribution in [2.24, 2.45) is 4.99 Å². The minimum Gasteiger partial charge on any atom is -0.368 e. The Morgan fingerprint density at radius 1 is 1.21 bits per heavy atom.